The molecule has 0 heterocycles. The van der Waals surface area contributed by atoms with E-state index < -0.39 is 6.67 Å². The van der Waals surface area contributed by atoms with Crippen molar-refractivity contribution in [2.45, 2.75) is 99.3 Å². The van der Waals surface area contributed by atoms with Crippen LogP contribution in [0, 0.1) is 11.8 Å². The summed E-state index contributed by atoms with van der Waals surface area (Å²) in [7, 11) is 0. The second kappa shape index (κ2) is 12.4. The van der Waals surface area contributed by atoms with Crippen molar-refractivity contribution in [3.05, 3.63) is 69.4 Å². The Morgan fingerprint density at radius 1 is 1.10 bits per heavy atom. The number of allylic oxidation sites excluding steroid dienone is 11. The molecule has 0 spiro atoms. The molecule has 1 heteroatoms. The van der Waals surface area contributed by atoms with Crippen molar-refractivity contribution >= 4 is 0 Å². The van der Waals surface area contributed by atoms with Crippen LogP contribution >= 0.6 is 0 Å². The van der Waals surface area contributed by atoms with E-state index in [0.29, 0.717) is 0 Å². The molecule has 0 nitrogen and oxygen atoms in total. The van der Waals surface area contributed by atoms with Gasteiger partial charge in [0.1, 0.15) is 6.67 Å². The minimum Gasteiger partial charge on any atom is -0.246 e. The summed E-state index contributed by atoms with van der Waals surface area (Å²) in [6.07, 6.45) is 17.9. The highest BCUT2D eigenvalue weighted by atomic mass is 19.1. The van der Waals surface area contributed by atoms with Gasteiger partial charge in [-0.05, 0) is 88.2 Å². The molecule has 0 bridgehead atoms. The summed E-state index contributed by atoms with van der Waals surface area (Å²) in [4.78, 5) is 0. The molecule has 31 heavy (non-hydrogen) atoms. The molecule has 0 aromatic heterocycles. The molecule has 1 fully saturated rings. The van der Waals surface area contributed by atoms with E-state index in [1.54, 1.807) is 0 Å². The second-order valence-corrected chi connectivity index (χ2v) is 9.89. The minimum atomic E-state index is -0.412. The van der Waals surface area contributed by atoms with Gasteiger partial charge in [0, 0.05) is 5.92 Å². The standard InChI is InChI=1S/C30H45F/c1-8-27(9-2)29(17-13-16-26-14-11-10-12-15-26)25(7)28(20-31)19-23(5)30-22(4)18-21(3)24(30)6/h8-9,19,26,29H,1,10-18,20H2,2-7H3/b23-19+,27-9+,28-25-. The predicted octanol–water partition coefficient (Wildman–Crippen LogP) is 9.77. The van der Waals surface area contributed by atoms with Crippen molar-refractivity contribution in [1.82, 2.24) is 0 Å². The Morgan fingerprint density at radius 3 is 2.29 bits per heavy atom. The number of rotatable bonds is 10. The molecule has 1 unspecified atom stereocenters. The van der Waals surface area contributed by atoms with E-state index in [1.165, 1.54) is 84.0 Å². The molecule has 1 saturated carbocycles. The monoisotopic (exact) mass is 424 g/mol. The molecule has 2 rings (SSSR count). The van der Waals surface area contributed by atoms with E-state index in [-0.39, 0.29) is 5.92 Å². The number of halogens is 1. The zero-order chi connectivity index (χ0) is 23.0. The lowest BCUT2D eigenvalue weighted by Crippen LogP contribution is -2.11. The van der Waals surface area contributed by atoms with Gasteiger partial charge in [-0.15, -0.1) is 0 Å². The first kappa shape index (κ1) is 25.6. The lowest BCUT2D eigenvalue weighted by atomic mass is 9.81. The average molecular weight is 425 g/mol. The van der Waals surface area contributed by atoms with Crippen molar-refractivity contribution in [1.29, 1.82) is 0 Å². The van der Waals surface area contributed by atoms with E-state index >= 15 is 0 Å². The van der Waals surface area contributed by atoms with Crippen LogP contribution in [0.15, 0.2) is 69.4 Å². The molecule has 2 aliphatic carbocycles. The van der Waals surface area contributed by atoms with E-state index in [1.807, 2.05) is 6.08 Å². The third-order valence-electron chi connectivity index (χ3n) is 7.73. The Balaban J connectivity index is 2.27. The number of alkyl halides is 1. The summed E-state index contributed by atoms with van der Waals surface area (Å²) in [5, 5.41) is 0. The van der Waals surface area contributed by atoms with Gasteiger partial charge in [-0.1, -0.05) is 86.5 Å². The molecule has 1 atom stereocenters. The van der Waals surface area contributed by atoms with Crippen molar-refractivity contribution in [3.63, 3.8) is 0 Å². The highest BCUT2D eigenvalue weighted by molar-refractivity contribution is 5.56. The highest BCUT2D eigenvalue weighted by Crippen LogP contribution is 2.37. The van der Waals surface area contributed by atoms with Gasteiger partial charge >= 0.3 is 0 Å². The molecule has 0 radical (unpaired) electrons. The van der Waals surface area contributed by atoms with Gasteiger partial charge in [-0.25, -0.2) is 4.39 Å². The van der Waals surface area contributed by atoms with Crippen LogP contribution in [0.4, 0.5) is 4.39 Å². The zero-order valence-corrected chi connectivity index (χ0v) is 21.0. The Kier molecular flexibility index (Phi) is 10.3. The highest BCUT2D eigenvalue weighted by Gasteiger charge is 2.21. The Labute approximate surface area is 191 Å². The maximum Gasteiger partial charge on any atom is 0.114 e. The molecule has 172 valence electrons. The second-order valence-electron chi connectivity index (χ2n) is 9.89. The first-order valence-corrected chi connectivity index (χ1v) is 12.4. The lowest BCUT2D eigenvalue weighted by molar-refractivity contribution is 0.325. The molecular formula is C30H45F. The van der Waals surface area contributed by atoms with Gasteiger partial charge in [0.25, 0.3) is 0 Å². The SMILES string of the molecule is C=C/C(=C\C)C(CCCC1CCCCC1)/C(C)=C(/C=C(\C)C1=C(C)CC(C)=C1C)CF. The maximum atomic E-state index is 14.3. The number of hydrogen-bond acceptors (Lipinski definition) is 0. The Morgan fingerprint density at radius 2 is 1.77 bits per heavy atom. The summed E-state index contributed by atoms with van der Waals surface area (Å²) < 4.78 is 14.3. The normalized spacial score (nSPS) is 21.0. The van der Waals surface area contributed by atoms with E-state index in [4.69, 9.17) is 0 Å². The van der Waals surface area contributed by atoms with E-state index in [0.717, 1.165) is 24.3 Å². The zero-order valence-electron chi connectivity index (χ0n) is 21.0. The maximum absolute atomic E-state index is 14.3. The molecular weight excluding hydrogens is 379 g/mol. The molecule has 0 aromatic rings. The van der Waals surface area contributed by atoms with Crippen molar-refractivity contribution in [2.24, 2.45) is 11.8 Å². The van der Waals surface area contributed by atoms with Crippen LogP contribution in [0.25, 0.3) is 0 Å². The Bertz CT molecular complexity index is 790. The molecule has 0 aliphatic heterocycles. The first-order valence-electron chi connectivity index (χ1n) is 12.4. The predicted molar refractivity (Wildman–Crippen MR) is 136 cm³/mol. The van der Waals surface area contributed by atoms with E-state index in [2.05, 4.69) is 60.3 Å². The van der Waals surface area contributed by atoms with Gasteiger partial charge < -0.3 is 0 Å². The third kappa shape index (κ3) is 6.67. The van der Waals surface area contributed by atoms with Gasteiger partial charge in [-0.2, -0.15) is 0 Å². The van der Waals surface area contributed by atoms with Crippen LogP contribution in [0.1, 0.15) is 99.3 Å². The average Bonchev–Trinajstić information content (AvgIpc) is 3.03. The molecule has 0 N–H and O–H groups in total. The van der Waals surface area contributed by atoms with Gasteiger partial charge in [0.2, 0.25) is 0 Å². The molecule has 0 saturated heterocycles. The van der Waals surface area contributed by atoms with Gasteiger partial charge in [-0.3, -0.25) is 0 Å². The minimum absolute atomic E-state index is 0.262. The summed E-state index contributed by atoms with van der Waals surface area (Å²) in [5.74, 6) is 1.16. The van der Waals surface area contributed by atoms with Crippen LogP contribution in [-0.2, 0) is 0 Å². The lowest BCUT2D eigenvalue weighted by Gasteiger charge is -2.25. The fourth-order valence-electron chi connectivity index (χ4n) is 5.78. The van der Waals surface area contributed by atoms with Gasteiger partial charge in [0.15, 0.2) is 0 Å². The summed E-state index contributed by atoms with van der Waals surface area (Å²) in [5.41, 5.74) is 10.00. The largest absolute Gasteiger partial charge is 0.246 e. The van der Waals surface area contributed by atoms with Gasteiger partial charge in [0.05, 0.1) is 0 Å². The van der Waals surface area contributed by atoms with Crippen LogP contribution in [0.2, 0.25) is 0 Å². The molecule has 0 aromatic carbocycles. The summed E-state index contributed by atoms with van der Waals surface area (Å²) in [6.45, 7) is 16.6. The quantitative estimate of drug-likeness (QED) is 0.306. The molecule has 2 aliphatic rings. The Hall–Kier alpha value is -1.63. The summed E-state index contributed by atoms with van der Waals surface area (Å²) >= 11 is 0. The fourth-order valence-corrected chi connectivity index (χ4v) is 5.78. The summed E-state index contributed by atoms with van der Waals surface area (Å²) in [6, 6.07) is 0. The molecule has 0 amide bonds. The van der Waals surface area contributed by atoms with E-state index in [9.17, 15) is 4.39 Å². The third-order valence-corrected chi connectivity index (χ3v) is 7.73. The van der Waals surface area contributed by atoms with Crippen LogP contribution < -0.4 is 0 Å². The first-order chi connectivity index (χ1) is 14.8. The smallest absolute Gasteiger partial charge is 0.114 e. The number of hydrogen-bond donors (Lipinski definition) is 0. The van der Waals surface area contributed by atoms with Crippen LogP contribution in [0.5, 0.6) is 0 Å². The van der Waals surface area contributed by atoms with Crippen LogP contribution in [0.3, 0.4) is 0 Å². The van der Waals surface area contributed by atoms with Crippen molar-refractivity contribution < 1.29 is 4.39 Å². The van der Waals surface area contributed by atoms with Crippen molar-refractivity contribution in [2.75, 3.05) is 6.67 Å². The fraction of sp³-hybridized carbons (Fsp3) is 0.600. The topological polar surface area (TPSA) is 0 Å². The van der Waals surface area contributed by atoms with Crippen LogP contribution in [-0.4, -0.2) is 6.67 Å². The van der Waals surface area contributed by atoms with Crippen molar-refractivity contribution in [3.8, 4) is 0 Å².